The molecule has 0 rings (SSSR count). The predicted molar refractivity (Wildman–Crippen MR) is 57.5 cm³/mol. The number of hydrogen-bond donors (Lipinski definition) is 2. The highest BCUT2D eigenvalue weighted by Crippen LogP contribution is 1.93. The van der Waals surface area contributed by atoms with Crippen LogP contribution in [0.2, 0.25) is 0 Å². The summed E-state index contributed by atoms with van der Waals surface area (Å²) in [6, 6.07) is 0. The van der Waals surface area contributed by atoms with Gasteiger partial charge in [-0.05, 0) is 53.0 Å². The fraction of sp³-hybridized carbons (Fsp3) is 0.900. The third-order valence-electron chi connectivity index (χ3n) is 1.95. The summed E-state index contributed by atoms with van der Waals surface area (Å²) in [4.78, 5) is 12.3. The largest absolute Gasteiger partial charge is 0.481 e. The smallest absolute Gasteiger partial charge is 0.303 e. The molecular weight excluding hydrogens is 180 g/mol. The fourth-order valence-electron chi connectivity index (χ4n) is 1.17. The van der Waals surface area contributed by atoms with E-state index in [4.69, 9.17) is 5.11 Å². The molecule has 0 heterocycles. The van der Waals surface area contributed by atoms with Crippen LogP contribution in [0, 0.1) is 0 Å². The molecule has 0 spiro atoms. The van der Waals surface area contributed by atoms with Crippen molar-refractivity contribution >= 4 is 5.97 Å². The standard InChI is InChI=1S/C10H22N2O2/c1-12(2)9-5-8-11-7-4-3-6-10(13)14/h11H,3-9H2,1-2H3,(H,13,14). The molecule has 0 bridgehead atoms. The second kappa shape index (κ2) is 8.97. The molecule has 0 aliphatic carbocycles. The lowest BCUT2D eigenvalue weighted by molar-refractivity contribution is -0.137. The first kappa shape index (κ1) is 13.4. The zero-order valence-electron chi connectivity index (χ0n) is 9.25. The van der Waals surface area contributed by atoms with Crippen LogP contribution in [0.15, 0.2) is 0 Å². The molecule has 0 aromatic carbocycles. The van der Waals surface area contributed by atoms with Crippen LogP contribution >= 0.6 is 0 Å². The van der Waals surface area contributed by atoms with E-state index in [0.29, 0.717) is 6.42 Å². The molecule has 0 aromatic heterocycles. The summed E-state index contributed by atoms with van der Waals surface area (Å²) in [6.07, 6.45) is 3.16. The Labute approximate surface area is 86.3 Å². The van der Waals surface area contributed by atoms with Crippen molar-refractivity contribution in [2.75, 3.05) is 33.7 Å². The van der Waals surface area contributed by atoms with E-state index in [1.807, 2.05) is 0 Å². The molecule has 4 heteroatoms. The average molecular weight is 202 g/mol. The van der Waals surface area contributed by atoms with E-state index >= 15 is 0 Å². The van der Waals surface area contributed by atoms with Gasteiger partial charge in [0.2, 0.25) is 0 Å². The van der Waals surface area contributed by atoms with Gasteiger partial charge in [0.15, 0.2) is 0 Å². The monoisotopic (exact) mass is 202 g/mol. The second-order valence-corrected chi connectivity index (χ2v) is 3.76. The van der Waals surface area contributed by atoms with Crippen LogP contribution in [0.5, 0.6) is 0 Å². The number of aliphatic carboxylic acids is 1. The number of nitrogens with one attached hydrogen (secondary N) is 1. The van der Waals surface area contributed by atoms with Crippen LogP contribution in [0.1, 0.15) is 25.7 Å². The Balaban J connectivity index is 2.96. The maximum Gasteiger partial charge on any atom is 0.303 e. The topological polar surface area (TPSA) is 52.6 Å². The number of rotatable bonds is 9. The zero-order chi connectivity index (χ0) is 10.8. The molecule has 4 nitrogen and oxygen atoms in total. The summed E-state index contributed by atoms with van der Waals surface area (Å²) < 4.78 is 0. The van der Waals surface area contributed by atoms with E-state index in [0.717, 1.165) is 38.9 Å². The van der Waals surface area contributed by atoms with Crippen LogP contribution in [0.3, 0.4) is 0 Å². The van der Waals surface area contributed by atoms with Gasteiger partial charge in [-0.2, -0.15) is 0 Å². The first-order chi connectivity index (χ1) is 6.63. The lowest BCUT2D eigenvalue weighted by atomic mass is 10.2. The molecular formula is C10H22N2O2. The minimum Gasteiger partial charge on any atom is -0.481 e. The highest BCUT2D eigenvalue weighted by Gasteiger charge is 1.95. The minimum atomic E-state index is -0.697. The van der Waals surface area contributed by atoms with Gasteiger partial charge in [-0.15, -0.1) is 0 Å². The van der Waals surface area contributed by atoms with Gasteiger partial charge in [0.1, 0.15) is 0 Å². The molecule has 2 N–H and O–H groups in total. The van der Waals surface area contributed by atoms with Gasteiger partial charge in [0, 0.05) is 6.42 Å². The molecule has 0 aromatic rings. The molecule has 84 valence electrons. The highest BCUT2D eigenvalue weighted by molar-refractivity contribution is 5.66. The third-order valence-corrected chi connectivity index (χ3v) is 1.95. The highest BCUT2D eigenvalue weighted by atomic mass is 16.4. The van der Waals surface area contributed by atoms with E-state index in [1.54, 1.807) is 0 Å². The number of carbonyl (C=O) groups is 1. The second-order valence-electron chi connectivity index (χ2n) is 3.76. The van der Waals surface area contributed by atoms with E-state index in [2.05, 4.69) is 24.3 Å². The molecule has 0 saturated heterocycles. The van der Waals surface area contributed by atoms with E-state index < -0.39 is 5.97 Å². The van der Waals surface area contributed by atoms with E-state index in [1.165, 1.54) is 0 Å². The van der Waals surface area contributed by atoms with E-state index in [-0.39, 0.29) is 0 Å². The van der Waals surface area contributed by atoms with Crippen molar-refractivity contribution < 1.29 is 9.90 Å². The number of carboxylic acid groups (broad SMARTS) is 1. The Morgan fingerprint density at radius 3 is 2.43 bits per heavy atom. The Hall–Kier alpha value is -0.610. The van der Waals surface area contributed by atoms with Crippen LogP contribution in [0.25, 0.3) is 0 Å². The third kappa shape index (κ3) is 11.4. The number of hydrogen-bond acceptors (Lipinski definition) is 3. The van der Waals surface area contributed by atoms with Gasteiger partial charge in [-0.1, -0.05) is 0 Å². The van der Waals surface area contributed by atoms with Crippen LogP contribution in [-0.2, 0) is 4.79 Å². The molecule has 14 heavy (non-hydrogen) atoms. The molecule has 0 saturated carbocycles. The predicted octanol–water partition coefficient (Wildman–Crippen LogP) is 0.783. The molecule has 0 fully saturated rings. The number of nitrogens with zero attached hydrogens (tertiary/aromatic N) is 1. The van der Waals surface area contributed by atoms with Crippen molar-refractivity contribution in [2.24, 2.45) is 0 Å². The maximum absolute atomic E-state index is 10.2. The summed E-state index contributed by atoms with van der Waals surface area (Å²) in [5.41, 5.74) is 0. The first-order valence-electron chi connectivity index (χ1n) is 5.20. The van der Waals surface area contributed by atoms with Crippen molar-refractivity contribution in [3.8, 4) is 0 Å². The van der Waals surface area contributed by atoms with Gasteiger partial charge >= 0.3 is 5.97 Å². The SMILES string of the molecule is CN(C)CCCNCCCCC(=O)O. The Morgan fingerprint density at radius 2 is 1.86 bits per heavy atom. The number of unbranched alkanes of at least 4 members (excludes halogenated alkanes) is 1. The lowest BCUT2D eigenvalue weighted by Crippen LogP contribution is -2.22. The van der Waals surface area contributed by atoms with Crippen LogP contribution in [-0.4, -0.2) is 49.7 Å². The maximum atomic E-state index is 10.2. The van der Waals surface area contributed by atoms with Crippen molar-refractivity contribution in [2.45, 2.75) is 25.7 Å². The van der Waals surface area contributed by atoms with Crippen molar-refractivity contribution in [3.63, 3.8) is 0 Å². The van der Waals surface area contributed by atoms with Gasteiger partial charge in [-0.25, -0.2) is 0 Å². The van der Waals surface area contributed by atoms with Gasteiger partial charge < -0.3 is 15.3 Å². The minimum absolute atomic E-state index is 0.291. The fourth-order valence-corrected chi connectivity index (χ4v) is 1.17. The van der Waals surface area contributed by atoms with Crippen molar-refractivity contribution in [1.29, 1.82) is 0 Å². The molecule has 0 unspecified atom stereocenters. The Morgan fingerprint density at radius 1 is 1.21 bits per heavy atom. The molecule has 0 aliphatic rings. The zero-order valence-corrected chi connectivity index (χ0v) is 9.25. The van der Waals surface area contributed by atoms with Gasteiger partial charge in [-0.3, -0.25) is 4.79 Å². The Kier molecular flexibility index (Phi) is 8.57. The van der Waals surface area contributed by atoms with Crippen molar-refractivity contribution in [3.05, 3.63) is 0 Å². The van der Waals surface area contributed by atoms with E-state index in [9.17, 15) is 4.79 Å². The Bertz CT molecular complexity index is 149. The molecule has 0 amide bonds. The quantitative estimate of drug-likeness (QED) is 0.543. The van der Waals surface area contributed by atoms with Crippen LogP contribution < -0.4 is 5.32 Å². The van der Waals surface area contributed by atoms with Crippen molar-refractivity contribution in [1.82, 2.24) is 10.2 Å². The van der Waals surface area contributed by atoms with Gasteiger partial charge in [0.05, 0.1) is 0 Å². The normalized spacial score (nSPS) is 10.8. The summed E-state index contributed by atoms with van der Waals surface area (Å²) in [5.74, 6) is -0.697. The summed E-state index contributed by atoms with van der Waals surface area (Å²) in [6.45, 7) is 3.05. The average Bonchev–Trinajstić information content (AvgIpc) is 2.08. The molecule has 0 aliphatic heterocycles. The molecule has 0 radical (unpaired) electrons. The number of carboxylic acids is 1. The first-order valence-corrected chi connectivity index (χ1v) is 5.20. The van der Waals surface area contributed by atoms with Gasteiger partial charge in [0.25, 0.3) is 0 Å². The lowest BCUT2D eigenvalue weighted by Gasteiger charge is -2.09. The summed E-state index contributed by atoms with van der Waals surface area (Å²) >= 11 is 0. The summed E-state index contributed by atoms with van der Waals surface area (Å²) in [7, 11) is 4.12. The summed E-state index contributed by atoms with van der Waals surface area (Å²) in [5, 5.41) is 11.7. The molecule has 0 atom stereocenters. The van der Waals surface area contributed by atoms with Crippen LogP contribution in [0.4, 0.5) is 0 Å².